The first kappa shape index (κ1) is 15.3. The van der Waals surface area contributed by atoms with Gasteiger partial charge in [-0.05, 0) is 43.0 Å². The van der Waals surface area contributed by atoms with Crippen molar-refractivity contribution in [2.45, 2.75) is 12.8 Å². The fraction of sp³-hybridized carbons (Fsp3) is 0.333. The number of amides is 1. The van der Waals surface area contributed by atoms with Gasteiger partial charge in [0, 0.05) is 19.2 Å². The van der Waals surface area contributed by atoms with Crippen LogP contribution in [-0.4, -0.2) is 31.6 Å². The number of carbonyl (C=O) groups excluding carboxylic acids is 1. The smallest absolute Gasteiger partial charge is 0.254 e. The number of rotatable bonds is 6. The Labute approximate surface area is 136 Å². The first-order valence-electron chi connectivity index (χ1n) is 7.82. The molecule has 2 N–H and O–H groups in total. The zero-order valence-electron chi connectivity index (χ0n) is 13.4. The molecule has 1 heterocycles. The Morgan fingerprint density at radius 3 is 2.83 bits per heavy atom. The number of methoxy groups -OCH3 is 1. The molecule has 1 aliphatic carbocycles. The molecule has 0 atom stereocenters. The molecular formula is C18H21N3O2. The van der Waals surface area contributed by atoms with Crippen molar-refractivity contribution in [3.05, 3.63) is 42.0 Å². The third-order valence-electron chi connectivity index (χ3n) is 3.99. The fourth-order valence-corrected chi connectivity index (χ4v) is 2.42. The third-order valence-corrected chi connectivity index (χ3v) is 3.99. The minimum Gasteiger partial charge on any atom is -0.497 e. The molecule has 0 unspecified atom stereocenters. The number of benzene rings is 1. The van der Waals surface area contributed by atoms with Gasteiger partial charge < -0.3 is 15.4 Å². The van der Waals surface area contributed by atoms with Crippen molar-refractivity contribution in [3.8, 4) is 17.0 Å². The van der Waals surface area contributed by atoms with Crippen LogP contribution < -0.4 is 15.4 Å². The molecule has 120 valence electrons. The summed E-state index contributed by atoms with van der Waals surface area (Å²) in [5.41, 5.74) is 2.34. The molecular weight excluding hydrogens is 290 g/mol. The maximum atomic E-state index is 12.0. The van der Waals surface area contributed by atoms with Crippen LogP contribution in [0.1, 0.15) is 23.2 Å². The fourth-order valence-electron chi connectivity index (χ4n) is 2.42. The molecule has 1 aromatic heterocycles. The number of carbonyl (C=O) groups is 1. The molecule has 0 spiro atoms. The maximum absolute atomic E-state index is 12.0. The van der Waals surface area contributed by atoms with Crippen molar-refractivity contribution in [2.24, 2.45) is 5.92 Å². The first-order valence-corrected chi connectivity index (χ1v) is 7.82. The van der Waals surface area contributed by atoms with Crippen LogP contribution in [0.25, 0.3) is 11.3 Å². The number of hydrogen-bond acceptors (Lipinski definition) is 4. The predicted octanol–water partition coefficient (Wildman–Crippen LogP) is 2.94. The van der Waals surface area contributed by atoms with Crippen LogP contribution in [0.5, 0.6) is 5.75 Å². The topological polar surface area (TPSA) is 63.2 Å². The van der Waals surface area contributed by atoms with E-state index in [2.05, 4.69) is 15.6 Å². The minimum absolute atomic E-state index is 0.131. The lowest BCUT2D eigenvalue weighted by Gasteiger charge is -2.12. The second-order valence-corrected chi connectivity index (χ2v) is 5.73. The van der Waals surface area contributed by atoms with E-state index in [0.29, 0.717) is 17.3 Å². The zero-order chi connectivity index (χ0) is 16.2. The van der Waals surface area contributed by atoms with E-state index in [1.807, 2.05) is 36.4 Å². The van der Waals surface area contributed by atoms with Gasteiger partial charge in [-0.3, -0.25) is 4.79 Å². The van der Waals surface area contributed by atoms with Crippen LogP contribution in [0.2, 0.25) is 0 Å². The summed E-state index contributed by atoms with van der Waals surface area (Å²) >= 11 is 0. The Bertz CT molecular complexity index is 711. The molecule has 0 radical (unpaired) electrons. The molecule has 3 rings (SSSR count). The Kier molecular flexibility index (Phi) is 4.46. The van der Waals surface area contributed by atoms with Gasteiger partial charge in [-0.25, -0.2) is 4.98 Å². The summed E-state index contributed by atoms with van der Waals surface area (Å²) in [6.07, 6.45) is 2.50. The van der Waals surface area contributed by atoms with Gasteiger partial charge in [0.25, 0.3) is 5.91 Å². The van der Waals surface area contributed by atoms with Gasteiger partial charge in [0.2, 0.25) is 0 Å². The van der Waals surface area contributed by atoms with E-state index in [-0.39, 0.29) is 5.91 Å². The average Bonchev–Trinajstić information content (AvgIpc) is 3.43. The van der Waals surface area contributed by atoms with E-state index in [9.17, 15) is 4.79 Å². The van der Waals surface area contributed by atoms with Crippen LogP contribution >= 0.6 is 0 Å². The van der Waals surface area contributed by atoms with Crippen LogP contribution in [0.15, 0.2) is 36.4 Å². The summed E-state index contributed by atoms with van der Waals surface area (Å²) in [5.74, 6) is 1.99. The van der Waals surface area contributed by atoms with E-state index in [4.69, 9.17) is 4.74 Å². The Morgan fingerprint density at radius 1 is 1.30 bits per heavy atom. The molecule has 0 saturated heterocycles. The summed E-state index contributed by atoms with van der Waals surface area (Å²) in [5, 5.41) is 5.99. The summed E-state index contributed by atoms with van der Waals surface area (Å²) in [7, 11) is 3.27. The number of anilines is 1. The molecule has 1 aliphatic rings. The number of aromatic nitrogens is 1. The van der Waals surface area contributed by atoms with Crippen molar-refractivity contribution < 1.29 is 9.53 Å². The summed E-state index contributed by atoms with van der Waals surface area (Å²) < 4.78 is 5.27. The van der Waals surface area contributed by atoms with Crippen molar-refractivity contribution in [3.63, 3.8) is 0 Å². The number of hydrogen-bond donors (Lipinski definition) is 2. The van der Waals surface area contributed by atoms with E-state index < -0.39 is 0 Å². The molecule has 1 saturated carbocycles. The highest BCUT2D eigenvalue weighted by Crippen LogP contribution is 2.30. The highest BCUT2D eigenvalue weighted by atomic mass is 16.5. The van der Waals surface area contributed by atoms with Gasteiger partial charge in [0.15, 0.2) is 0 Å². The van der Waals surface area contributed by atoms with Crippen LogP contribution in [0, 0.1) is 5.92 Å². The van der Waals surface area contributed by atoms with Crippen LogP contribution in [0.4, 0.5) is 5.82 Å². The Hall–Kier alpha value is -2.56. The van der Waals surface area contributed by atoms with Crippen LogP contribution in [-0.2, 0) is 0 Å². The van der Waals surface area contributed by atoms with Gasteiger partial charge in [0.1, 0.15) is 11.6 Å². The normalized spacial score (nSPS) is 13.5. The highest BCUT2D eigenvalue weighted by Gasteiger charge is 2.22. The molecule has 2 aromatic rings. The Morgan fingerprint density at radius 2 is 2.13 bits per heavy atom. The standard InChI is InChI=1S/C18H21N3O2/c1-19-18(22)15-8-9-16(13-4-3-5-14(10-13)23-2)21-17(15)20-11-12-6-7-12/h3-5,8-10,12H,6-7,11H2,1-2H3,(H,19,22)(H,20,21). The summed E-state index contributed by atoms with van der Waals surface area (Å²) in [4.78, 5) is 16.7. The monoisotopic (exact) mass is 311 g/mol. The lowest BCUT2D eigenvalue weighted by Crippen LogP contribution is -2.21. The number of nitrogens with one attached hydrogen (secondary N) is 2. The SMILES string of the molecule is CNC(=O)c1ccc(-c2cccc(OC)c2)nc1NCC1CC1. The van der Waals surface area contributed by atoms with E-state index in [1.54, 1.807) is 14.2 Å². The lowest BCUT2D eigenvalue weighted by atomic mass is 10.1. The summed E-state index contributed by atoms with van der Waals surface area (Å²) in [6.45, 7) is 0.860. The molecule has 23 heavy (non-hydrogen) atoms. The maximum Gasteiger partial charge on any atom is 0.254 e. The largest absolute Gasteiger partial charge is 0.497 e. The van der Waals surface area contributed by atoms with Crippen molar-refractivity contribution in [2.75, 3.05) is 26.0 Å². The molecule has 5 nitrogen and oxygen atoms in total. The second-order valence-electron chi connectivity index (χ2n) is 5.73. The lowest BCUT2D eigenvalue weighted by molar-refractivity contribution is 0.0963. The second kappa shape index (κ2) is 6.69. The molecule has 1 fully saturated rings. The van der Waals surface area contributed by atoms with Crippen molar-refractivity contribution >= 4 is 11.7 Å². The predicted molar refractivity (Wildman–Crippen MR) is 90.8 cm³/mol. The minimum atomic E-state index is -0.131. The van der Waals surface area contributed by atoms with Gasteiger partial charge in [0.05, 0.1) is 18.4 Å². The van der Waals surface area contributed by atoms with E-state index in [0.717, 1.165) is 23.6 Å². The number of nitrogens with zero attached hydrogens (tertiary/aromatic N) is 1. The average molecular weight is 311 g/mol. The molecule has 0 bridgehead atoms. The number of pyridine rings is 1. The molecule has 1 aromatic carbocycles. The first-order chi connectivity index (χ1) is 11.2. The Balaban J connectivity index is 1.93. The zero-order valence-corrected chi connectivity index (χ0v) is 13.4. The third kappa shape index (κ3) is 3.62. The molecule has 1 amide bonds. The summed E-state index contributed by atoms with van der Waals surface area (Å²) in [6, 6.07) is 11.4. The number of ether oxygens (including phenoxy) is 1. The van der Waals surface area contributed by atoms with Gasteiger partial charge in [-0.2, -0.15) is 0 Å². The van der Waals surface area contributed by atoms with Gasteiger partial charge >= 0.3 is 0 Å². The van der Waals surface area contributed by atoms with Gasteiger partial charge in [-0.1, -0.05) is 12.1 Å². The van der Waals surface area contributed by atoms with E-state index >= 15 is 0 Å². The van der Waals surface area contributed by atoms with E-state index in [1.165, 1.54) is 12.8 Å². The van der Waals surface area contributed by atoms with Crippen molar-refractivity contribution in [1.29, 1.82) is 0 Å². The van der Waals surface area contributed by atoms with Crippen LogP contribution in [0.3, 0.4) is 0 Å². The molecule has 5 heteroatoms. The highest BCUT2D eigenvalue weighted by molar-refractivity contribution is 5.99. The quantitative estimate of drug-likeness (QED) is 0.861. The molecule has 0 aliphatic heterocycles. The van der Waals surface area contributed by atoms with Gasteiger partial charge in [-0.15, -0.1) is 0 Å². The van der Waals surface area contributed by atoms with Crippen molar-refractivity contribution in [1.82, 2.24) is 10.3 Å².